The quantitative estimate of drug-likeness (QED) is 0.555. The van der Waals surface area contributed by atoms with E-state index in [0.717, 1.165) is 37.7 Å². The van der Waals surface area contributed by atoms with Gasteiger partial charge in [-0.1, -0.05) is 25.0 Å². The molecule has 0 radical (unpaired) electrons. The van der Waals surface area contributed by atoms with E-state index in [4.69, 9.17) is 9.47 Å². The van der Waals surface area contributed by atoms with Gasteiger partial charge in [0, 0.05) is 19.0 Å². The zero-order valence-electron chi connectivity index (χ0n) is 21.1. The summed E-state index contributed by atoms with van der Waals surface area (Å²) in [5.74, 6) is 0.118. The SMILES string of the molecule is O=C(N[C@H]1CCCC[C@@]12CN(C(=O)CCc1cccc(O)c1)CCO2)c1ccc(OCC2CC2)cc1F. The molecule has 3 aliphatic rings. The number of carbonyl (C=O) groups excluding carboxylic acids is 2. The molecule has 0 bridgehead atoms. The molecule has 2 aliphatic carbocycles. The molecule has 0 aromatic heterocycles. The van der Waals surface area contributed by atoms with Gasteiger partial charge in [-0.25, -0.2) is 4.39 Å². The lowest BCUT2D eigenvalue weighted by Gasteiger charge is -2.49. The van der Waals surface area contributed by atoms with E-state index in [2.05, 4.69) is 5.32 Å². The Balaban J connectivity index is 1.22. The molecule has 2 aromatic rings. The minimum absolute atomic E-state index is 0.0191. The van der Waals surface area contributed by atoms with Crippen molar-refractivity contribution in [1.29, 1.82) is 0 Å². The summed E-state index contributed by atoms with van der Waals surface area (Å²) in [5, 5.41) is 12.7. The number of nitrogens with one attached hydrogen (secondary N) is 1. The van der Waals surface area contributed by atoms with Crippen LogP contribution in [0.3, 0.4) is 0 Å². The summed E-state index contributed by atoms with van der Waals surface area (Å²) in [7, 11) is 0. The van der Waals surface area contributed by atoms with Crippen LogP contribution in [0.4, 0.5) is 4.39 Å². The highest BCUT2D eigenvalue weighted by Crippen LogP contribution is 2.36. The summed E-state index contributed by atoms with van der Waals surface area (Å²) in [5.41, 5.74) is 0.204. The number of aryl methyl sites for hydroxylation is 1. The fourth-order valence-electron chi connectivity index (χ4n) is 5.42. The number of aromatic hydroxyl groups is 1. The maximum Gasteiger partial charge on any atom is 0.254 e. The van der Waals surface area contributed by atoms with Crippen LogP contribution in [0.15, 0.2) is 42.5 Å². The first-order valence-corrected chi connectivity index (χ1v) is 13.3. The van der Waals surface area contributed by atoms with E-state index < -0.39 is 17.3 Å². The number of carbonyl (C=O) groups is 2. The molecule has 37 heavy (non-hydrogen) atoms. The third kappa shape index (κ3) is 6.24. The third-order valence-corrected chi connectivity index (χ3v) is 7.75. The molecular weight excluding hydrogens is 475 g/mol. The van der Waals surface area contributed by atoms with Crippen molar-refractivity contribution in [3.05, 3.63) is 59.4 Å². The van der Waals surface area contributed by atoms with Crippen LogP contribution in [-0.4, -0.2) is 59.8 Å². The van der Waals surface area contributed by atoms with Gasteiger partial charge in [0.1, 0.15) is 22.9 Å². The highest BCUT2D eigenvalue weighted by Gasteiger charge is 2.47. The van der Waals surface area contributed by atoms with E-state index in [1.165, 1.54) is 12.1 Å². The largest absolute Gasteiger partial charge is 0.508 e. The first kappa shape index (κ1) is 25.5. The molecular formula is C29H35FN2O5. The van der Waals surface area contributed by atoms with E-state index >= 15 is 0 Å². The lowest BCUT2D eigenvalue weighted by molar-refractivity contribution is -0.162. The van der Waals surface area contributed by atoms with Gasteiger partial charge in [0.05, 0.1) is 31.4 Å². The van der Waals surface area contributed by atoms with E-state index in [0.29, 0.717) is 57.2 Å². The molecule has 2 N–H and O–H groups in total. The molecule has 2 aromatic carbocycles. The molecule has 5 rings (SSSR count). The maximum absolute atomic E-state index is 14.8. The normalized spacial score (nSPS) is 23.6. The summed E-state index contributed by atoms with van der Waals surface area (Å²) in [6, 6.07) is 11.0. The number of rotatable bonds is 8. The molecule has 2 saturated carbocycles. The summed E-state index contributed by atoms with van der Waals surface area (Å²) in [4.78, 5) is 28.0. The topological polar surface area (TPSA) is 88.1 Å². The van der Waals surface area contributed by atoms with Crippen LogP contribution in [0, 0.1) is 11.7 Å². The molecule has 198 valence electrons. The minimum atomic E-state index is -0.684. The van der Waals surface area contributed by atoms with Gasteiger partial charge >= 0.3 is 0 Å². The Bertz CT molecular complexity index is 1130. The highest BCUT2D eigenvalue weighted by atomic mass is 19.1. The number of ether oxygens (including phenoxy) is 2. The molecule has 2 atom stereocenters. The molecule has 1 saturated heterocycles. The van der Waals surface area contributed by atoms with Gasteiger partial charge in [-0.2, -0.15) is 0 Å². The van der Waals surface area contributed by atoms with Crippen LogP contribution in [-0.2, 0) is 16.0 Å². The zero-order valence-corrected chi connectivity index (χ0v) is 21.1. The molecule has 8 heteroatoms. The molecule has 1 heterocycles. The summed E-state index contributed by atoms with van der Waals surface area (Å²) in [6.07, 6.45) is 6.47. The zero-order chi connectivity index (χ0) is 25.8. The van der Waals surface area contributed by atoms with Crippen molar-refractivity contribution in [3.63, 3.8) is 0 Å². The van der Waals surface area contributed by atoms with Gasteiger partial charge < -0.3 is 24.8 Å². The van der Waals surface area contributed by atoms with Gasteiger partial charge in [-0.3, -0.25) is 9.59 Å². The van der Waals surface area contributed by atoms with E-state index in [1.807, 2.05) is 11.0 Å². The van der Waals surface area contributed by atoms with Gasteiger partial charge in [0.2, 0.25) is 5.91 Å². The number of phenolic OH excluding ortho intramolecular Hbond substituents is 1. The number of hydrogen-bond acceptors (Lipinski definition) is 5. The van der Waals surface area contributed by atoms with Crippen molar-refractivity contribution in [2.75, 3.05) is 26.3 Å². The summed E-state index contributed by atoms with van der Waals surface area (Å²) < 4.78 is 26.7. The molecule has 1 aliphatic heterocycles. The Labute approximate surface area is 216 Å². The highest BCUT2D eigenvalue weighted by molar-refractivity contribution is 5.95. The van der Waals surface area contributed by atoms with Crippen molar-refractivity contribution < 1.29 is 28.6 Å². The van der Waals surface area contributed by atoms with Crippen LogP contribution < -0.4 is 10.1 Å². The number of morpholine rings is 1. The number of amides is 2. The molecule has 2 amide bonds. The smallest absolute Gasteiger partial charge is 0.254 e. The molecule has 7 nitrogen and oxygen atoms in total. The number of nitrogens with zero attached hydrogens (tertiary/aromatic N) is 1. The van der Waals surface area contributed by atoms with Crippen molar-refractivity contribution in [3.8, 4) is 11.5 Å². The Morgan fingerprint density at radius 3 is 2.81 bits per heavy atom. The van der Waals surface area contributed by atoms with Gasteiger partial charge in [-0.05, 0) is 67.9 Å². The fourth-order valence-corrected chi connectivity index (χ4v) is 5.42. The lowest BCUT2D eigenvalue weighted by Crippen LogP contribution is -2.64. The number of halogens is 1. The van der Waals surface area contributed by atoms with Crippen molar-refractivity contribution >= 4 is 11.8 Å². The number of hydrogen-bond donors (Lipinski definition) is 2. The summed E-state index contributed by atoms with van der Waals surface area (Å²) in [6.45, 7) is 1.87. The predicted molar refractivity (Wildman–Crippen MR) is 136 cm³/mol. The second-order valence-electron chi connectivity index (χ2n) is 10.6. The molecule has 1 spiro atoms. The number of benzene rings is 2. The second-order valence-corrected chi connectivity index (χ2v) is 10.6. The number of phenols is 1. The van der Waals surface area contributed by atoms with E-state index in [1.54, 1.807) is 24.3 Å². The Hall–Kier alpha value is -3.13. The van der Waals surface area contributed by atoms with Crippen LogP contribution in [0.5, 0.6) is 11.5 Å². The third-order valence-electron chi connectivity index (χ3n) is 7.75. The summed E-state index contributed by atoms with van der Waals surface area (Å²) >= 11 is 0. The lowest BCUT2D eigenvalue weighted by atomic mass is 9.78. The Morgan fingerprint density at radius 2 is 2.03 bits per heavy atom. The molecule has 0 unspecified atom stereocenters. The van der Waals surface area contributed by atoms with Crippen molar-refractivity contribution in [1.82, 2.24) is 10.2 Å². The average Bonchev–Trinajstić information content (AvgIpc) is 3.72. The fraction of sp³-hybridized carbons (Fsp3) is 0.517. The standard InChI is InChI=1S/C29H35FN2O5/c30-25-17-23(36-18-21-7-8-21)10-11-24(25)28(35)31-26-6-1-2-13-29(26)19-32(14-15-37-29)27(34)12-9-20-4-3-5-22(33)16-20/h3-5,10-11,16-17,21,26,33H,1-2,6-9,12-15,18-19H2,(H,31,35)/t26-,29+/m0/s1. The predicted octanol–water partition coefficient (Wildman–Crippen LogP) is 4.22. The van der Waals surface area contributed by atoms with Gasteiger partial charge in [0.25, 0.3) is 5.91 Å². The van der Waals surface area contributed by atoms with Crippen molar-refractivity contribution in [2.45, 2.75) is 63.0 Å². The first-order chi connectivity index (χ1) is 17.9. The van der Waals surface area contributed by atoms with Crippen LogP contribution in [0.1, 0.15) is 60.9 Å². The molecule has 3 fully saturated rings. The van der Waals surface area contributed by atoms with Crippen LogP contribution >= 0.6 is 0 Å². The van der Waals surface area contributed by atoms with E-state index in [9.17, 15) is 19.1 Å². The van der Waals surface area contributed by atoms with Crippen LogP contribution in [0.25, 0.3) is 0 Å². The first-order valence-electron chi connectivity index (χ1n) is 13.3. The van der Waals surface area contributed by atoms with Crippen molar-refractivity contribution in [2.24, 2.45) is 5.92 Å². The Morgan fingerprint density at radius 1 is 1.16 bits per heavy atom. The maximum atomic E-state index is 14.8. The van der Waals surface area contributed by atoms with Gasteiger partial charge in [0.15, 0.2) is 0 Å². The van der Waals surface area contributed by atoms with Crippen LogP contribution in [0.2, 0.25) is 0 Å². The second kappa shape index (κ2) is 11.1. The van der Waals surface area contributed by atoms with Gasteiger partial charge in [-0.15, -0.1) is 0 Å². The Kier molecular flexibility index (Phi) is 7.65. The monoisotopic (exact) mass is 510 g/mol. The minimum Gasteiger partial charge on any atom is -0.508 e. The van der Waals surface area contributed by atoms with E-state index in [-0.39, 0.29) is 23.3 Å². The average molecular weight is 511 g/mol.